The highest BCUT2D eigenvalue weighted by Crippen LogP contribution is 2.03. The molecule has 2 atom stereocenters. The largest absolute Gasteiger partial charge is 0.480 e. The Morgan fingerprint density at radius 1 is 0.852 bits per heavy atom. The number of carboxylic acids is 2. The van der Waals surface area contributed by atoms with Crippen LogP contribution in [0.5, 0.6) is 0 Å². The Hall–Kier alpha value is -3.19. The Balaban J connectivity index is 0.000000277. The molecule has 0 bridgehead atoms. The molecule has 0 aliphatic carbocycles. The summed E-state index contributed by atoms with van der Waals surface area (Å²) in [7, 11) is 0. The van der Waals surface area contributed by atoms with Crippen LogP contribution in [-0.4, -0.2) is 40.1 Å². The molecule has 144 valence electrons. The summed E-state index contributed by atoms with van der Waals surface area (Å²) < 4.78 is 0. The van der Waals surface area contributed by atoms with Gasteiger partial charge in [-0.05, 0) is 17.5 Å². The Morgan fingerprint density at radius 3 is 1.67 bits per heavy atom. The monoisotopic (exact) mass is 372 g/mol. The van der Waals surface area contributed by atoms with Crippen molar-refractivity contribution in [3.63, 3.8) is 0 Å². The molecule has 2 aromatic rings. The lowest BCUT2D eigenvalue weighted by Crippen LogP contribution is -2.41. The molecule has 2 rings (SSSR count). The molecule has 7 heteroatoms. The molecule has 2 aromatic carbocycles. The minimum absolute atomic E-state index is 0.301. The summed E-state index contributed by atoms with van der Waals surface area (Å²) in [4.78, 5) is 32.0. The molecule has 0 spiro atoms. The van der Waals surface area contributed by atoms with Crippen LogP contribution < -0.4 is 11.1 Å². The minimum Gasteiger partial charge on any atom is -0.480 e. The molecule has 27 heavy (non-hydrogen) atoms. The van der Waals surface area contributed by atoms with Gasteiger partial charge in [-0.2, -0.15) is 0 Å². The Morgan fingerprint density at radius 2 is 1.30 bits per heavy atom. The number of amides is 1. The van der Waals surface area contributed by atoms with Gasteiger partial charge < -0.3 is 21.3 Å². The first-order chi connectivity index (χ1) is 12.8. The van der Waals surface area contributed by atoms with E-state index in [2.05, 4.69) is 5.32 Å². The molecule has 0 unspecified atom stereocenters. The predicted molar refractivity (Wildman–Crippen MR) is 101 cm³/mol. The van der Waals surface area contributed by atoms with Gasteiger partial charge in [-0.25, -0.2) is 4.79 Å². The van der Waals surface area contributed by atoms with E-state index in [4.69, 9.17) is 15.9 Å². The molecule has 0 aliphatic rings. The van der Waals surface area contributed by atoms with Crippen LogP contribution in [0.15, 0.2) is 60.7 Å². The number of carboxylic acid groups (broad SMARTS) is 2. The molecule has 0 aliphatic heterocycles. The molecule has 0 radical (unpaired) electrons. The minimum atomic E-state index is -1.02. The lowest BCUT2D eigenvalue weighted by molar-refractivity contribution is -0.141. The first-order valence-corrected chi connectivity index (χ1v) is 8.35. The van der Waals surface area contributed by atoms with Gasteiger partial charge in [-0.3, -0.25) is 9.59 Å². The zero-order valence-corrected chi connectivity index (χ0v) is 15.0. The van der Waals surface area contributed by atoms with Gasteiger partial charge >= 0.3 is 11.9 Å². The van der Waals surface area contributed by atoms with Crippen LogP contribution in [0.2, 0.25) is 0 Å². The fourth-order valence-corrected chi connectivity index (χ4v) is 2.25. The zero-order valence-electron chi connectivity index (χ0n) is 15.0. The van der Waals surface area contributed by atoms with Gasteiger partial charge in [0.2, 0.25) is 5.91 Å². The van der Waals surface area contributed by atoms with Crippen molar-refractivity contribution < 1.29 is 24.6 Å². The summed E-state index contributed by atoms with van der Waals surface area (Å²) in [5.41, 5.74) is 7.19. The third kappa shape index (κ3) is 9.18. The van der Waals surface area contributed by atoms with Crippen LogP contribution in [0.25, 0.3) is 0 Å². The molecule has 0 aromatic heterocycles. The first kappa shape index (κ1) is 21.9. The zero-order chi connectivity index (χ0) is 20.2. The average Bonchev–Trinajstić information content (AvgIpc) is 2.63. The van der Waals surface area contributed by atoms with E-state index in [-0.39, 0.29) is 5.91 Å². The molecule has 5 N–H and O–H groups in total. The molecular formula is C20H24N2O5. The van der Waals surface area contributed by atoms with E-state index in [1.54, 1.807) is 0 Å². The van der Waals surface area contributed by atoms with Crippen molar-refractivity contribution in [2.45, 2.75) is 31.8 Å². The van der Waals surface area contributed by atoms with Crippen LogP contribution in [-0.2, 0) is 27.2 Å². The third-order valence-corrected chi connectivity index (χ3v) is 3.57. The number of nitrogens with two attached hydrogens (primary N) is 1. The number of benzene rings is 2. The van der Waals surface area contributed by atoms with Crippen molar-refractivity contribution in [3.8, 4) is 0 Å². The van der Waals surface area contributed by atoms with E-state index in [9.17, 15) is 14.4 Å². The van der Waals surface area contributed by atoms with Crippen molar-refractivity contribution in [2.24, 2.45) is 5.73 Å². The molecule has 0 fully saturated rings. The second-order valence-corrected chi connectivity index (χ2v) is 5.92. The molecule has 0 heterocycles. The van der Waals surface area contributed by atoms with Gasteiger partial charge in [0, 0.05) is 13.3 Å². The summed E-state index contributed by atoms with van der Waals surface area (Å²) >= 11 is 0. The normalized spacial score (nSPS) is 12.1. The first-order valence-electron chi connectivity index (χ1n) is 8.35. The Bertz CT molecular complexity index is 735. The Kier molecular flexibility index (Phi) is 9.25. The van der Waals surface area contributed by atoms with E-state index in [1.807, 2.05) is 60.7 Å². The SMILES string of the molecule is CC(=O)N[C@@H](Cc1ccccc1)C(=O)O.N[C@@H](Cc1ccccc1)C(=O)O. The van der Waals surface area contributed by atoms with Crippen molar-refractivity contribution in [1.29, 1.82) is 0 Å². The maximum Gasteiger partial charge on any atom is 0.326 e. The van der Waals surface area contributed by atoms with Crippen molar-refractivity contribution in [3.05, 3.63) is 71.8 Å². The third-order valence-electron chi connectivity index (χ3n) is 3.57. The number of carbonyl (C=O) groups is 3. The van der Waals surface area contributed by atoms with Gasteiger partial charge in [0.15, 0.2) is 0 Å². The van der Waals surface area contributed by atoms with Crippen molar-refractivity contribution >= 4 is 17.8 Å². The highest BCUT2D eigenvalue weighted by Gasteiger charge is 2.18. The molecule has 0 saturated carbocycles. The van der Waals surface area contributed by atoms with E-state index < -0.39 is 24.0 Å². The van der Waals surface area contributed by atoms with Gasteiger partial charge in [0.25, 0.3) is 0 Å². The molecule has 0 saturated heterocycles. The second kappa shape index (κ2) is 11.4. The molecular weight excluding hydrogens is 348 g/mol. The quantitative estimate of drug-likeness (QED) is 0.582. The van der Waals surface area contributed by atoms with Crippen LogP contribution in [0.3, 0.4) is 0 Å². The number of hydrogen-bond donors (Lipinski definition) is 4. The number of hydrogen-bond acceptors (Lipinski definition) is 4. The molecule has 1 amide bonds. The highest BCUT2D eigenvalue weighted by molar-refractivity contribution is 5.82. The van der Waals surface area contributed by atoms with Crippen LogP contribution >= 0.6 is 0 Å². The van der Waals surface area contributed by atoms with Gasteiger partial charge in [-0.15, -0.1) is 0 Å². The van der Waals surface area contributed by atoms with Crippen molar-refractivity contribution in [1.82, 2.24) is 5.32 Å². The average molecular weight is 372 g/mol. The van der Waals surface area contributed by atoms with Crippen LogP contribution in [0.1, 0.15) is 18.1 Å². The fourth-order valence-electron chi connectivity index (χ4n) is 2.25. The molecule has 7 nitrogen and oxygen atoms in total. The van der Waals surface area contributed by atoms with Gasteiger partial charge in [0.05, 0.1) is 0 Å². The number of nitrogens with one attached hydrogen (secondary N) is 1. The number of rotatable bonds is 7. The summed E-state index contributed by atoms with van der Waals surface area (Å²) in [6, 6.07) is 16.9. The van der Waals surface area contributed by atoms with Gasteiger partial charge in [-0.1, -0.05) is 60.7 Å². The fraction of sp³-hybridized carbons (Fsp3) is 0.250. The lowest BCUT2D eigenvalue weighted by atomic mass is 10.1. The Labute approximate surface area is 157 Å². The summed E-state index contributed by atoms with van der Waals surface area (Å²) in [6.07, 6.45) is 0.686. The summed E-state index contributed by atoms with van der Waals surface area (Å²) in [6.45, 7) is 1.31. The topological polar surface area (TPSA) is 130 Å². The van der Waals surface area contributed by atoms with E-state index in [0.717, 1.165) is 11.1 Å². The number of aliphatic carboxylic acids is 2. The smallest absolute Gasteiger partial charge is 0.326 e. The maximum absolute atomic E-state index is 10.8. The van der Waals surface area contributed by atoms with E-state index >= 15 is 0 Å². The van der Waals surface area contributed by atoms with E-state index in [1.165, 1.54) is 6.92 Å². The van der Waals surface area contributed by atoms with Gasteiger partial charge in [0.1, 0.15) is 12.1 Å². The predicted octanol–water partition coefficient (Wildman–Crippen LogP) is 1.46. The highest BCUT2D eigenvalue weighted by atomic mass is 16.4. The lowest BCUT2D eigenvalue weighted by Gasteiger charge is -2.12. The van der Waals surface area contributed by atoms with Crippen LogP contribution in [0.4, 0.5) is 0 Å². The van der Waals surface area contributed by atoms with E-state index in [0.29, 0.717) is 12.8 Å². The van der Waals surface area contributed by atoms with Crippen LogP contribution in [0, 0.1) is 0 Å². The standard InChI is InChI=1S/C11H13NO3.C9H11NO2/c1-8(13)12-10(11(14)15)7-9-5-3-2-4-6-9;10-8(9(11)12)6-7-4-2-1-3-5-7/h2-6,10H,7H2,1H3,(H,12,13)(H,14,15);1-5,8H,6,10H2,(H,11,12)/t10-;8-/m00/s1. The second-order valence-electron chi connectivity index (χ2n) is 5.92. The van der Waals surface area contributed by atoms with Crippen molar-refractivity contribution in [2.75, 3.05) is 0 Å². The maximum atomic E-state index is 10.8. The summed E-state index contributed by atoms with van der Waals surface area (Å²) in [5.74, 6) is -2.31. The number of carbonyl (C=O) groups excluding carboxylic acids is 1. The summed E-state index contributed by atoms with van der Waals surface area (Å²) in [5, 5.41) is 19.8.